The van der Waals surface area contributed by atoms with Crippen LogP contribution in [0.3, 0.4) is 0 Å². The molecule has 2 aliphatic rings. The fraction of sp³-hybridized carbons (Fsp3) is 0.613. The summed E-state index contributed by atoms with van der Waals surface area (Å²) in [6.45, 7) is 18.5. The van der Waals surface area contributed by atoms with E-state index in [0.717, 1.165) is 11.3 Å². The standard InChI is InChI=1S/C31H47N5O5Si/c1-30(2,3)26(35(29(39)40)19-22-12-10-9-11-13-22)27(37)33-16-14-23(15-17-33)34-20-24-18-32-25(36(24)28(34)38)21-41-42(7,8)31(4,5)6/h9-13,18,23,26H,14-17,19-21H2,1-8H3,(H,39,40)/t26-/m0/s1. The Morgan fingerprint density at radius 3 is 2.26 bits per heavy atom. The summed E-state index contributed by atoms with van der Waals surface area (Å²) in [5.41, 5.74) is 1.09. The lowest BCUT2D eigenvalue weighted by Gasteiger charge is -2.43. The van der Waals surface area contributed by atoms with E-state index in [1.165, 1.54) is 4.90 Å². The van der Waals surface area contributed by atoms with E-state index in [2.05, 4.69) is 38.8 Å². The van der Waals surface area contributed by atoms with E-state index in [1.54, 1.807) is 15.7 Å². The molecule has 230 valence electrons. The van der Waals surface area contributed by atoms with Crippen molar-refractivity contribution in [2.45, 2.75) is 104 Å². The van der Waals surface area contributed by atoms with Crippen molar-refractivity contribution >= 4 is 26.3 Å². The molecule has 3 heterocycles. The molecule has 2 aromatic rings. The first kappa shape index (κ1) is 31.7. The lowest BCUT2D eigenvalue weighted by Crippen LogP contribution is -2.58. The molecule has 0 aliphatic carbocycles. The number of aromatic nitrogens is 2. The van der Waals surface area contributed by atoms with Crippen LogP contribution in [0.4, 0.5) is 9.59 Å². The van der Waals surface area contributed by atoms with Crippen LogP contribution >= 0.6 is 0 Å². The first-order chi connectivity index (χ1) is 19.5. The summed E-state index contributed by atoms with van der Waals surface area (Å²) in [5.74, 6) is 0.447. The Hall–Kier alpha value is -3.18. The Morgan fingerprint density at radius 2 is 1.71 bits per heavy atom. The number of piperidine rings is 1. The molecule has 42 heavy (non-hydrogen) atoms. The second-order valence-corrected chi connectivity index (χ2v) is 19.0. The third kappa shape index (κ3) is 6.57. The maximum atomic E-state index is 13.9. The summed E-state index contributed by atoms with van der Waals surface area (Å²) >= 11 is 0. The molecule has 1 fully saturated rings. The van der Waals surface area contributed by atoms with Crippen LogP contribution in [0, 0.1) is 5.41 Å². The molecule has 3 amide bonds. The van der Waals surface area contributed by atoms with E-state index in [4.69, 9.17) is 4.43 Å². The third-order valence-electron chi connectivity index (χ3n) is 9.07. The fourth-order valence-corrected chi connectivity index (χ4v) is 6.51. The largest absolute Gasteiger partial charge is 0.465 e. The average molecular weight is 598 g/mol. The predicted octanol–water partition coefficient (Wildman–Crippen LogP) is 5.77. The molecular formula is C31H47N5O5Si. The highest BCUT2D eigenvalue weighted by Gasteiger charge is 2.44. The van der Waals surface area contributed by atoms with E-state index in [0.29, 0.717) is 44.9 Å². The minimum atomic E-state index is -2.00. The van der Waals surface area contributed by atoms with Gasteiger partial charge in [0.25, 0.3) is 0 Å². The van der Waals surface area contributed by atoms with Gasteiger partial charge in [0.1, 0.15) is 11.9 Å². The van der Waals surface area contributed by atoms with E-state index in [1.807, 2.05) is 56.0 Å². The number of carboxylic acid groups (broad SMARTS) is 1. The van der Waals surface area contributed by atoms with Crippen LogP contribution in [0.1, 0.15) is 71.5 Å². The fourth-order valence-electron chi connectivity index (χ4n) is 5.59. The van der Waals surface area contributed by atoms with Crippen LogP contribution in [0.5, 0.6) is 0 Å². The molecule has 0 radical (unpaired) electrons. The van der Waals surface area contributed by atoms with Crippen molar-refractivity contribution in [3.05, 3.63) is 53.6 Å². The molecule has 10 nitrogen and oxygen atoms in total. The van der Waals surface area contributed by atoms with Gasteiger partial charge >= 0.3 is 12.1 Å². The number of rotatable bonds is 8. The number of carbonyl (C=O) groups is 3. The van der Waals surface area contributed by atoms with Gasteiger partial charge in [-0.15, -0.1) is 0 Å². The van der Waals surface area contributed by atoms with Crippen LogP contribution in [-0.4, -0.2) is 80.9 Å². The lowest BCUT2D eigenvalue weighted by atomic mass is 9.84. The molecule has 0 unspecified atom stereocenters. The van der Waals surface area contributed by atoms with Crippen molar-refractivity contribution in [2.24, 2.45) is 5.41 Å². The predicted molar refractivity (Wildman–Crippen MR) is 163 cm³/mol. The molecule has 4 rings (SSSR count). The topological polar surface area (TPSA) is 108 Å². The summed E-state index contributed by atoms with van der Waals surface area (Å²) in [6, 6.07) is 8.42. The van der Waals surface area contributed by atoms with E-state index < -0.39 is 25.9 Å². The minimum Gasteiger partial charge on any atom is -0.465 e. The Bertz CT molecular complexity index is 1290. The molecule has 1 aromatic heterocycles. The van der Waals surface area contributed by atoms with Gasteiger partial charge in [-0.2, -0.15) is 0 Å². The smallest absolute Gasteiger partial charge is 0.408 e. The first-order valence-electron chi connectivity index (χ1n) is 14.8. The van der Waals surface area contributed by atoms with Gasteiger partial charge in [0, 0.05) is 25.7 Å². The van der Waals surface area contributed by atoms with Crippen LogP contribution in [0.2, 0.25) is 18.1 Å². The summed E-state index contributed by atoms with van der Waals surface area (Å²) in [7, 11) is -2.00. The quantitative estimate of drug-likeness (QED) is 0.387. The van der Waals surface area contributed by atoms with Gasteiger partial charge in [0.05, 0.1) is 25.0 Å². The van der Waals surface area contributed by atoms with Gasteiger partial charge < -0.3 is 19.3 Å². The highest BCUT2D eigenvalue weighted by Crippen LogP contribution is 2.37. The number of nitrogens with zero attached hydrogens (tertiary/aromatic N) is 5. The Balaban J connectivity index is 1.41. The second-order valence-electron chi connectivity index (χ2n) is 14.2. The highest BCUT2D eigenvalue weighted by molar-refractivity contribution is 6.74. The van der Waals surface area contributed by atoms with Crippen molar-refractivity contribution in [2.75, 3.05) is 13.1 Å². The molecule has 1 saturated heterocycles. The van der Waals surface area contributed by atoms with Gasteiger partial charge in [-0.3, -0.25) is 9.69 Å². The van der Waals surface area contributed by atoms with Gasteiger partial charge in [-0.05, 0) is 42.0 Å². The summed E-state index contributed by atoms with van der Waals surface area (Å²) in [4.78, 5) is 49.3. The number of imidazole rings is 1. The van der Waals surface area contributed by atoms with E-state index in [-0.39, 0.29) is 29.6 Å². The van der Waals surface area contributed by atoms with Crippen LogP contribution < -0.4 is 0 Å². The molecule has 0 saturated carbocycles. The number of likely N-dealkylation sites (tertiary alicyclic amines) is 1. The van der Waals surface area contributed by atoms with Crippen molar-refractivity contribution < 1.29 is 23.9 Å². The summed E-state index contributed by atoms with van der Waals surface area (Å²) in [5, 5.41) is 10.2. The zero-order valence-electron chi connectivity index (χ0n) is 26.4. The monoisotopic (exact) mass is 597 g/mol. The molecule has 0 spiro atoms. The second kappa shape index (κ2) is 11.8. The molecule has 0 bridgehead atoms. The number of amides is 3. The van der Waals surface area contributed by atoms with Gasteiger partial charge in [-0.1, -0.05) is 71.9 Å². The number of hydrogen-bond acceptors (Lipinski definition) is 5. The van der Waals surface area contributed by atoms with Gasteiger partial charge in [-0.25, -0.2) is 19.1 Å². The Morgan fingerprint density at radius 1 is 1.10 bits per heavy atom. The number of carbonyl (C=O) groups excluding carboxylic acids is 2. The molecule has 11 heteroatoms. The molecule has 1 aromatic carbocycles. The number of hydrogen-bond donors (Lipinski definition) is 1. The number of fused-ring (bicyclic) bond motifs is 1. The van der Waals surface area contributed by atoms with Gasteiger partial charge in [0.15, 0.2) is 8.32 Å². The Kier molecular flexibility index (Phi) is 8.94. The van der Waals surface area contributed by atoms with Crippen LogP contribution in [0.25, 0.3) is 0 Å². The van der Waals surface area contributed by atoms with Crippen LogP contribution in [-0.2, 0) is 28.9 Å². The third-order valence-corrected chi connectivity index (χ3v) is 13.5. The maximum absolute atomic E-state index is 13.9. The van der Waals surface area contributed by atoms with Crippen molar-refractivity contribution in [1.82, 2.24) is 24.3 Å². The SMILES string of the molecule is CC(C)(C)[C@H](C(=O)N1CCC(N2Cc3cnc(CO[Si](C)(C)C(C)(C)C)n3C2=O)CC1)N(Cc1ccccc1)C(=O)O. The normalized spacial score (nSPS) is 17.4. The average Bonchev–Trinajstić information content (AvgIpc) is 3.46. The molecule has 1 atom stereocenters. The van der Waals surface area contributed by atoms with Gasteiger partial charge in [0.2, 0.25) is 5.91 Å². The van der Waals surface area contributed by atoms with Crippen molar-refractivity contribution in [1.29, 1.82) is 0 Å². The summed E-state index contributed by atoms with van der Waals surface area (Å²) in [6.07, 6.45) is 1.92. The highest BCUT2D eigenvalue weighted by atomic mass is 28.4. The van der Waals surface area contributed by atoms with E-state index >= 15 is 0 Å². The van der Waals surface area contributed by atoms with Crippen LogP contribution in [0.15, 0.2) is 36.5 Å². The Labute approximate surface area is 250 Å². The summed E-state index contributed by atoms with van der Waals surface area (Å²) < 4.78 is 8.04. The zero-order chi connectivity index (χ0) is 31.0. The minimum absolute atomic E-state index is 0.0106. The van der Waals surface area contributed by atoms with E-state index in [9.17, 15) is 19.5 Å². The molecular weight excluding hydrogens is 550 g/mol. The van der Waals surface area contributed by atoms with Crippen molar-refractivity contribution in [3.8, 4) is 0 Å². The zero-order valence-corrected chi connectivity index (χ0v) is 27.4. The number of benzene rings is 1. The maximum Gasteiger partial charge on any atom is 0.408 e. The lowest BCUT2D eigenvalue weighted by molar-refractivity contribution is -0.142. The molecule has 1 N–H and O–H groups in total. The van der Waals surface area contributed by atoms with Crippen molar-refractivity contribution in [3.63, 3.8) is 0 Å². The molecule has 2 aliphatic heterocycles. The first-order valence-corrected chi connectivity index (χ1v) is 17.7.